The van der Waals surface area contributed by atoms with Crippen molar-refractivity contribution in [2.75, 3.05) is 42.6 Å². The van der Waals surface area contributed by atoms with E-state index in [0.29, 0.717) is 30.9 Å². The number of piperazine rings is 1. The number of halogens is 2. The molecule has 2 N–H and O–H groups in total. The Morgan fingerprint density at radius 3 is 2.73 bits per heavy atom. The van der Waals surface area contributed by atoms with E-state index in [1.54, 1.807) is 27.8 Å². The van der Waals surface area contributed by atoms with Gasteiger partial charge < -0.3 is 34.0 Å². The van der Waals surface area contributed by atoms with Crippen molar-refractivity contribution in [3.05, 3.63) is 58.1 Å². The molecule has 0 saturated carbocycles. The summed E-state index contributed by atoms with van der Waals surface area (Å²) in [6, 6.07) is 13.1. The van der Waals surface area contributed by atoms with Crippen LogP contribution in [0.4, 0.5) is 15.5 Å². The number of nitrogens with one attached hydrogen (secondary N) is 1. The van der Waals surface area contributed by atoms with E-state index in [-0.39, 0.29) is 49.9 Å². The van der Waals surface area contributed by atoms with Gasteiger partial charge >= 0.3 is 0 Å². The van der Waals surface area contributed by atoms with Crippen LogP contribution in [0.1, 0.15) is 37.3 Å². The second-order valence-corrected chi connectivity index (χ2v) is 17.7. The van der Waals surface area contributed by atoms with Crippen LogP contribution in [-0.2, 0) is 31.3 Å². The lowest BCUT2D eigenvalue weighted by molar-refractivity contribution is -0.150. The molecule has 0 aromatic heterocycles. The third kappa shape index (κ3) is 5.32. The van der Waals surface area contributed by atoms with Gasteiger partial charge in [-0.05, 0) is 61.8 Å². The molecule has 3 saturated heterocycles. The van der Waals surface area contributed by atoms with Gasteiger partial charge in [0.15, 0.2) is 5.60 Å². The Bertz CT molecular complexity index is 1470. The Balaban J connectivity index is 1.34. The fourth-order valence-corrected chi connectivity index (χ4v) is 10.8. The van der Waals surface area contributed by atoms with Gasteiger partial charge in [-0.2, -0.15) is 0 Å². The van der Waals surface area contributed by atoms with Gasteiger partial charge in [0.25, 0.3) is 5.91 Å². The number of carbonyl (C=O) groups is 3. The molecule has 0 unspecified atom stereocenters. The lowest BCUT2D eigenvalue weighted by atomic mass is 9.82. The largest absolute Gasteiger partial charge is 0.394 e. The van der Waals surface area contributed by atoms with Gasteiger partial charge in [-0.3, -0.25) is 14.4 Å². The molecule has 2 aromatic carbocycles. The fraction of sp³-hybridized carbons (Fsp3) is 0.531. The average Bonchev–Trinajstić information content (AvgIpc) is 3.64. The number of ether oxygens (including phenoxy) is 1. The molecular formula is C32H40BrFN4O5Si. The summed E-state index contributed by atoms with van der Waals surface area (Å²) < 4.78 is 23.7. The number of fused-ring (bicyclic) bond motifs is 2. The lowest BCUT2D eigenvalue weighted by Crippen LogP contribution is -2.48. The van der Waals surface area contributed by atoms with E-state index >= 15 is 4.11 Å². The first-order chi connectivity index (χ1) is 21.0. The van der Waals surface area contributed by atoms with Crippen molar-refractivity contribution in [1.29, 1.82) is 0 Å². The Morgan fingerprint density at radius 1 is 1.20 bits per heavy atom. The van der Waals surface area contributed by atoms with Gasteiger partial charge in [0.05, 0.1) is 44.0 Å². The van der Waals surface area contributed by atoms with Crippen LogP contribution in [0.5, 0.6) is 0 Å². The highest BCUT2D eigenvalue weighted by Gasteiger charge is 2.67. The van der Waals surface area contributed by atoms with Crippen LogP contribution in [0.3, 0.4) is 0 Å². The molecule has 6 rings (SSSR count). The molecular weight excluding hydrogens is 647 g/mol. The van der Waals surface area contributed by atoms with Crippen LogP contribution in [0, 0.1) is 5.92 Å². The second-order valence-electron chi connectivity index (χ2n) is 13.0. The van der Waals surface area contributed by atoms with Gasteiger partial charge in [0.2, 0.25) is 20.2 Å². The van der Waals surface area contributed by atoms with Crippen LogP contribution in [-0.4, -0.2) is 81.1 Å². The van der Waals surface area contributed by atoms with Crippen molar-refractivity contribution in [2.45, 2.75) is 69.1 Å². The second kappa shape index (κ2) is 11.9. The van der Waals surface area contributed by atoms with Gasteiger partial charge in [-0.15, -0.1) is 0 Å². The summed E-state index contributed by atoms with van der Waals surface area (Å²) in [6.45, 7) is 7.39. The maximum atomic E-state index is 16.2. The maximum Gasteiger partial charge on any atom is 0.264 e. The number of aliphatic hydroxyl groups is 1. The summed E-state index contributed by atoms with van der Waals surface area (Å²) in [6.07, 6.45) is 0.737. The van der Waals surface area contributed by atoms with Crippen LogP contribution in [0.15, 0.2) is 46.9 Å². The van der Waals surface area contributed by atoms with Gasteiger partial charge in [0.1, 0.15) is 0 Å². The molecule has 3 fully saturated rings. The van der Waals surface area contributed by atoms with E-state index in [4.69, 9.17) is 4.74 Å². The predicted octanol–water partition coefficient (Wildman–Crippen LogP) is 4.08. The topological polar surface area (TPSA) is 102 Å². The first-order valence-electron chi connectivity index (χ1n) is 15.4. The van der Waals surface area contributed by atoms with Crippen molar-refractivity contribution in [3.63, 3.8) is 0 Å². The third-order valence-corrected chi connectivity index (χ3v) is 12.8. The van der Waals surface area contributed by atoms with Gasteiger partial charge in [-0.1, -0.05) is 35.0 Å². The standard InChI is InChI=1S/C32H40BrFN4O5Si/c1-20-30(44(2,3)34)27(16-28(40)36-12-5-8-24(36)19-39)43-32(20)25-15-22(33)9-10-26(25)38(31(32)42)18-21-6-4-7-23(14-21)37-13-11-35-17-29(37)41/h4,6-7,9-10,14-15,20,24,27,30,35,39H,5,8,11-13,16-19H2,1-3H3/t20-,24+,27+,30-,32+/m1/s1. The number of hydrogen-bond donors (Lipinski definition) is 2. The van der Waals surface area contributed by atoms with Crippen molar-refractivity contribution in [1.82, 2.24) is 10.2 Å². The van der Waals surface area contributed by atoms with Crippen molar-refractivity contribution in [2.24, 2.45) is 5.92 Å². The SMILES string of the molecule is C[C@@H]1[C@@H]([Si](C)(C)F)[C@H](CC(=O)N2CCC[C@H]2CO)O[C@@]12C(=O)N(Cc1cccc(N3CCNCC3=O)c1)c1ccc(Br)cc12. The molecule has 44 heavy (non-hydrogen) atoms. The van der Waals surface area contributed by atoms with Gasteiger partial charge in [0, 0.05) is 46.8 Å². The van der Waals surface area contributed by atoms with Crippen LogP contribution >= 0.6 is 15.9 Å². The van der Waals surface area contributed by atoms with Crippen molar-refractivity contribution in [3.8, 4) is 0 Å². The first-order valence-corrected chi connectivity index (χ1v) is 19.2. The summed E-state index contributed by atoms with van der Waals surface area (Å²) >= 11 is 3.57. The average molecular weight is 688 g/mol. The minimum Gasteiger partial charge on any atom is -0.394 e. The molecule has 4 heterocycles. The lowest BCUT2D eigenvalue weighted by Gasteiger charge is -2.31. The van der Waals surface area contributed by atoms with E-state index in [0.717, 1.165) is 28.6 Å². The van der Waals surface area contributed by atoms with E-state index in [1.807, 2.05) is 49.4 Å². The van der Waals surface area contributed by atoms with E-state index in [2.05, 4.69) is 21.2 Å². The number of rotatable bonds is 7. The molecule has 4 aliphatic heterocycles. The zero-order valence-corrected chi connectivity index (χ0v) is 28.0. The number of aliphatic hydroxyl groups excluding tert-OH is 1. The Kier molecular flexibility index (Phi) is 8.51. The van der Waals surface area contributed by atoms with Crippen molar-refractivity contribution >= 4 is 53.4 Å². The zero-order chi connectivity index (χ0) is 31.4. The third-order valence-electron chi connectivity index (χ3n) is 9.86. The molecule has 3 amide bonds. The zero-order valence-electron chi connectivity index (χ0n) is 25.4. The normalized spacial score (nSPS) is 28.8. The Hall–Kier alpha value is -2.64. The number of carbonyl (C=O) groups excluding carboxylic acids is 3. The number of benzene rings is 2. The number of hydrogen-bond acceptors (Lipinski definition) is 6. The molecule has 12 heteroatoms. The Labute approximate surface area is 267 Å². The monoisotopic (exact) mass is 686 g/mol. The molecule has 9 nitrogen and oxygen atoms in total. The van der Waals surface area contributed by atoms with Crippen LogP contribution in [0.25, 0.3) is 0 Å². The Morgan fingerprint density at radius 2 is 2.00 bits per heavy atom. The predicted molar refractivity (Wildman–Crippen MR) is 171 cm³/mol. The summed E-state index contributed by atoms with van der Waals surface area (Å²) in [7, 11) is -3.44. The van der Waals surface area contributed by atoms with E-state index in [9.17, 15) is 19.5 Å². The molecule has 5 atom stereocenters. The molecule has 2 aromatic rings. The highest BCUT2D eigenvalue weighted by atomic mass is 79.9. The summed E-state index contributed by atoms with van der Waals surface area (Å²) in [5.41, 5.74) is 0.955. The smallest absolute Gasteiger partial charge is 0.264 e. The fourth-order valence-electron chi connectivity index (χ4n) is 7.90. The maximum absolute atomic E-state index is 16.2. The molecule has 0 aliphatic carbocycles. The van der Waals surface area contributed by atoms with Crippen LogP contribution < -0.4 is 15.1 Å². The highest BCUT2D eigenvalue weighted by molar-refractivity contribution is 9.10. The summed E-state index contributed by atoms with van der Waals surface area (Å²) in [5, 5.41) is 12.9. The minimum absolute atomic E-state index is 0.00291. The summed E-state index contributed by atoms with van der Waals surface area (Å²) in [4.78, 5) is 45.9. The molecule has 0 radical (unpaired) electrons. The quantitative estimate of drug-likeness (QED) is 0.336. The van der Waals surface area contributed by atoms with Gasteiger partial charge in [-0.25, -0.2) is 0 Å². The highest BCUT2D eigenvalue weighted by Crippen LogP contribution is 2.60. The number of anilines is 2. The summed E-state index contributed by atoms with van der Waals surface area (Å²) in [5.74, 6) is -0.962. The van der Waals surface area contributed by atoms with Crippen LogP contribution in [0.2, 0.25) is 18.6 Å². The molecule has 1 spiro atoms. The number of likely N-dealkylation sites (tertiary alicyclic amines) is 1. The number of amides is 3. The molecule has 0 bridgehead atoms. The van der Waals surface area contributed by atoms with E-state index in [1.165, 1.54) is 0 Å². The molecule has 4 aliphatic rings. The number of nitrogens with zero attached hydrogens (tertiary/aromatic N) is 3. The first kappa shape index (κ1) is 31.3. The van der Waals surface area contributed by atoms with E-state index < -0.39 is 31.6 Å². The minimum atomic E-state index is -3.44. The van der Waals surface area contributed by atoms with Crippen molar-refractivity contribution < 1.29 is 28.3 Å². The molecule has 236 valence electrons.